The third-order valence-corrected chi connectivity index (χ3v) is 7.72. The lowest BCUT2D eigenvalue weighted by molar-refractivity contribution is -0.149. The summed E-state index contributed by atoms with van der Waals surface area (Å²) in [6.07, 6.45) is -1.58. The SMILES string of the molecule is C[C@H](O/N=C(\C(=O)C[C@@H]1C(=O)N(S(=O)(=O)O)[C@@H]1CNC(=O)NCc1cc(=O)c(O)cn1O)c1nc(N)sc1Cl)C(=O)O. The number of nitrogen functional groups attached to an aromatic ring is 1. The fraction of sp³-hybridized carbons (Fsp3) is 0.350. The van der Waals surface area contributed by atoms with E-state index in [9.17, 15) is 47.3 Å². The van der Waals surface area contributed by atoms with Gasteiger partial charge in [-0.1, -0.05) is 28.1 Å². The summed E-state index contributed by atoms with van der Waals surface area (Å²) in [5.74, 6) is -5.80. The molecule has 3 amide bonds. The first-order valence-corrected chi connectivity index (χ1v) is 14.0. The minimum absolute atomic E-state index is 0.0458. The first kappa shape index (κ1) is 32.0. The van der Waals surface area contributed by atoms with Crippen LogP contribution in [0.15, 0.2) is 22.2 Å². The standard InChI is InChI=1S/C20H22ClN7O12S2/c1-7(18(33)34)40-26-14(15-16(21)41-19(22)25-15)12(30)3-9-10(28(17(9)32)42(37,38)39)5-24-20(35)23-4-8-2-11(29)13(31)6-27(8)36/h2,6-7,9-10,31,36H,3-5H2,1H3,(H2,22,25)(H,33,34)(H2,23,24,35)(H,37,38,39)/b26-14+/t7-,9-,10+/m0/s1. The molecule has 228 valence electrons. The summed E-state index contributed by atoms with van der Waals surface area (Å²) >= 11 is 6.81. The summed E-state index contributed by atoms with van der Waals surface area (Å²) in [4.78, 5) is 69.4. The minimum Gasteiger partial charge on any atom is -0.503 e. The van der Waals surface area contributed by atoms with Crippen LogP contribution in [0.3, 0.4) is 0 Å². The molecule has 3 heterocycles. The molecule has 2 aromatic rings. The predicted molar refractivity (Wildman–Crippen MR) is 141 cm³/mol. The number of β-lactam (4-membered cyclic amide) rings is 1. The number of aromatic nitrogens is 2. The average Bonchev–Trinajstić information content (AvgIpc) is 3.22. The molecule has 3 atom stereocenters. The second kappa shape index (κ2) is 12.6. The van der Waals surface area contributed by atoms with E-state index in [0.29, 0.717) is 10.9 Å². The number of nitrogens with two attached hydrogens (primary N) is 1. The summed E-state index contributed by atoms with van der Waals surface area (Å²) in [7, 11) is -5.12. The Bertz CT molecular complexity index is 1620. The number of carbonyl (C=O) groups excluding carboxylic acids is 3. The van der Waals surface area contributed by atoms with Crippen LogP contribution in [0.1, 0.15) is 24.7 Å². The van der Waals surface area contributed by atoms with E-state index >= 15 is 0 Å². The highest BCUT2D eigenvalue weighted by Crippen LogP contribution is 2.33. The topological polar surface area (TPSA) is 293 Å². The number of amides is 3. The van der Waals surface area contributed by atoms with Crippen LogP contribution in [-0.2, 0) is 36.1 Å². The number of aromatic hydroxyl groups is 1. The second-order valence-electron chi connectivity index (χ2n) is 8.54. The summed E-state index contributed by atoms with van der Waals surface area (Å²) < 4.78 is 33.4. The molecule has 1 aliphatic heterocycles. The van der Waals surface area contributed by atoms with E-state index < -0.39 is 88.5 Å². The molecule has 42 heavy (non-hydrogen) atoms. The van der Waals surface area contributed by atoms with Crippen molar-refractivity contribution in [2.24, 2.45) is 11.1 Å². The molecule has 0 unspecified atom stereocenters. The van der Waals surface area contributed by atoms with Crippen LogP contribution in [0.25, 0.3) is 0 Å². The van der Waals surface area contributed by atoms with Crippen LogP contribution in [0.2, 0.25) is 4.34 Å². The van der Waals surface area contributed by atoms with E-state index in [1.807, 2.05) is 0 Å². The van der Waals surface area contributed by atoms with Crippen molar-refractivity contribution in [3.63, 3.8) is 0 Å². The molecule has 0 aliphatic carbocycles. The van der Waals surface area contributed by atoms with E-state index in [2.05, 4.69) is 20.8 Å². The normalized spacial score (nSPS) is 17.7. The van der Waals surface area contributed by atoms with Crippen LogP contribution in [0.5, 0.6) is 5.75 Å². The van der Waals surface area contributed by atoms with Crippen LogP contribution in [-0.4, -0.2) is 90.5 Å². The number of Topliss-reactive ketones (excluding diaryl/α,β-unsaturated/α-hetero) is 1. The Kier molecular flexibility index (Phi) is 9.60. The number of pyridine rings is 1. The number of hydrogen-bond acceptors (Lipinski definition) is 14. The molecular formula is C20H22ClN7O12S2. The number of nitrogens with zero attached hydrogens (tertiary/aromatic N) is 4. The number of hydrogen-bond donors (Lipinski definition) is 7. The molecule has 0 bridgehead atoms. The zero-order valence-electron chi connectivity index (χ0n) is 21.1. The number of carboxylic acid groups (broad SMARTS) is 1. The molecule has 19 nitrogen and oxygen atoms in total. The molecule has 8 N–H and O–H groups in total. The minimum atomic E-state index is -5.12. The molecule has 0 radical (unpaired) electrons. The number of thiazole rings is 1. The van der Waals surface area contributed by atoms with Gasteiger partial charge in [-0.25, -0.2) is 18.9 Å². The molecule has 1 fully saturated rings. The van der Waals surface area contributed by atoms with E-state index in [1.54, 1.807) is 0 Å². The molecule has 0 saturated carbocycles. The Morgan fingerprint density at radius 3 is 2.55 bits per heavy atom. The Morgan fingerprint density at radius 1 is 1.31 bits per heavy atom. The zero-order chi connectivity index (χ0) is 31.5. The predicted octanol–water partition coefficient (Wildman–Crippen LogP) is -1.23. The Labute approximate surface area is 244 Å². The van der Waals surface area contributed by atoms with Crippen molar-refractivity contribution in [2.75, 3.05) is 12.3 Å². The Morgan fingerprint density at radius 2 is 1.98 bits per heavy atom. The molecule has 3 rings (SSSR count). The lowest BCUT2D eigenvalue weighted by Gasteiger charge is -2.44. The van der Waals surface area contributed by atoms with Gasteiger partial charge in [0.25, 0.3) is 0 Å². The van der Waals surface area contributed by atoms with Crippen LogP contribution in [0, 0.1) is 5.92 Å². The van der Waals surface area contributed by atoms with Crippen LogP contribution < -0.4 is 21.8 Å². The van der Waals surface area contributed by atoms with E-state index in [-0.39, 0.29) is 25.2 Å². The van der Waals surface area contributed by atoms with Gasteiger partial charge >= 0.3 is 22.3 Å². The van der Waals surface area contributed by atoms with Crippen molar-refractivity contribution in [2.45, 2.75) is 32.0 Å². The first-order chi connectivity index (χ1) is 19.5. The fourth-order valence-electron chi connectivity index (χ4n) is 3.59. The number of ketones is 1. The highest BCUT2D eigenvalue weighted by Gasteiger charge is 2.54. The monoisotopic (exact) mass is 651 g/mol. The molecule has 1 saturated heterocycles. The Hall–Kier alpha value is -4.47. The highest BCUT2D eigenvalue weighted by molar-refractivity contribution is 7.84. The number of oxime groups is 1. The maximum atomic E-state index is 13.2. The van der Waals surface area contributed by atoms with Gasteiger partial charge in [0.1, 0.15) is 10.0 Å². The van der Waals surface area contributed by atoms with Gasteiger partial charge in [-0.2, -0.15) is 13.1 Å². The third kappa shape index (κ3) is 7.23. The average molecular weight is 652 g/mol. The number of aliphatic carboxylic acids is 1. The lowest BCUT2D eigenvalue weighted by atomic mass is 9.84. The number of carboxylic acids is 1. The van der Waals surface area contributed by atoms with Gasteiger partial charge in [-0.05, 0) is 6.92 Å². The number of halogens is 1. The fourth-order valence-corrected chi connectivity index (χ4v) is 5.44. The number of nitrogens with one attached hydrogen (secondary N) is 2. The van der Waals surface area contributed by atoms with Gasteiger partial charge in [-0.15, -0.1) is 0 Å². The number of rotatable bonds is 12. The van der Waals surface area contributed by atoms with Crippen molar-refractivity contribution in [3.8, 4) is 5.75 Å². The second-order valence-corrected chi connectivity index (χ2v) is 11.5. The van der Waals surface area contributed by atoms with Crippen molar-refractivity contribution >= 4 is 67.8 Å². The lowest BCUT2D eigenvalue weighted by Crippen LogP contribution is -2.66. The largest absolute Gasteiger partial charge is 0.503 e. The number of anilines is 1. The quantitative estimate of drug-likeness (QED) is 0.0465. The molecule has 1 aliphatic rings. The van der Waals surface area contributed by atoms with Gasteiger partial charge < -0.3 is 36.6 Å². The molecule has 0 spiro atoms. The number of carbonyl (C=O) groups is 4. The van der Waals surface area contributed by atoms with Crippen molar-refractivity contribution in [1.82, 2.24) is 24.7 Å². The van der Waals surface area contributed by atoms with E-state index in [1.165, 1.54) is 0 Å². The maximum Gasteiger partial charge on any atom is 0.362 e. The molecular weight excluding hydrogens is 630 g/mol. The van der Waals surface area contributed by atoms with Gasteiger partial charge in [0.15, 0.2) is 22.4 Å². The van der Waals surface area contributed by atoms with Gasteiger partial charge in [0, 0.05) is 19.0 Å². The van der Waals surface area contributed by atoms with Crippen molar-refractivity contribution in [3.05, 3.63) is 38.2 Å². The smallest absolute Gasteiger partial charge is 0.362 e. The summed E-state index contributed by atoms with van der Waals surface area (Å²) in [6, 6.07) is -1.61. The maximum absolute atomic E-state index is 13.2. The summed E-state index contributed by atoms with van der Waals surface area (Å²) in [6.45, 7) is 0.0657. The third-order valence-electron chi connectivity index (χ3n) is 5.69. The van der Waals surface area contributed by atoms with Crippen LogP contribution >= 0.6 is 22.9 Å². The Balaban J connectivity index is 1.76. The van der Waals surface area contributed by atoms with Gasteiger partial charge in [-0.3, -0.25) is 18.9 Å². The van der Waals surface area contributed by atoms with E-state index in [0.717, 1.165) is 24.3 Å². The molecule has 22 heteroatoms. The zero-order valence-corrected chi connectivity index (χ0v) is 23.5. The van der Waals surface area contributed by atoms with Gasteiger partial charge in [0.05, 0.1) is 30.4 Å². The molecule has 2 aromatic heterocycles. The van der Waals surface area contributed by atoms with Gasteiger partial charge in [0.2, 0.25) is 17.4 Å². The summed E-state index contributed by atoms with van der Waals surface area (Å²) in [5.41, 5.74) is 3.72. The van der Waals surface area contributed by atoms with Crippen molar-refractivity contribution in [1.29, 1.82) is 0 Å². The van der Waals surface area contributed by atoms with Crippen LogP contribution in [0.4, 0.5) is 9.93 Å². The number of urea groups is 1. The molecule has 0 aromatic carbocycles. The highest BCUT2D eigenvalue weighted by atomic mass is 35.5. The van der Waals surface area contributed by atoms with E-state index in [4.69, 9.17) is 27.3 Å². The van der Waals surface area contributed by atoms with Crippen molar-refractivity contribution < 1.29 is 52.4 Å². The summed E-state index contributed by atoms with van der Waals surface area (Å²) in [5, 5.41) is 36.0. The first-order valence-electron chi connectivity index (χ1n) is 11.4.